The summed E-state index contributed by atoms with van der Waals surface area (Å²) in [5.41, 5.74) is 3.73. The van der Waals surface area contributed by atoms with Crippen LogP contribution in [0.4, 0.5) is 0 Å². The van der Waals surface area contributed by atoms with Crippen molar-refractivity contribution in [3.8, 4) is 0 Å². The molecule has 0 atom stereocenters. The molecule has 0 aliphatic carbocycles. The molecule has 0 saturated heterocycles. The second-order valence-corrected chi connectivity index (χ2v) is 3.12. The summed E-state index contributed by atoms with van der Waals surface area (Å²) < 4.78 is 0. The minimum absolute atomic E-state index is 0. The molecule has 0 saturated carbocycles. The molecule has 0 spiro atoms. The second kappa shape index (κ2) is 8.63. The first-order chi connectivity index (χ1) is 8.36. The van der Waals surface area contributed by atoms with E-state index in [1.54, 1.807) is 0 Å². The molecule has 0 aliphatic heterocycles. The van der Waals surface area contributed by atoms with Crippen LogP contribution in [0.2, 0.25) is 0 Å². The molecule has 0 bridgehead atoms. The van der Waals surface area contributed by atoms with Crippen molar-refractivity contribution in [3.63, 3.8) is 0 Å². The highest BCUT2D eigenvalue weighted by Gasteiger charge is 2.05. The van der Waals surface area contributed by atoms with Crippen LogP contribution in [0.15, 0.2) is 30.8 Å². The summed E-state index contributed by atoms with van der Waals surface area (Å²) >= 11 is 0. The minimum atomic E-state index is 0. The van der Waals surface area contributed by atoms with Crippen molar-refractivity contribution in [3.05, 3.63) is 42.1 Å². The molecule has 0 unspecified atom stereocenters. The van der Waals surface area contributed by atoms with Crippen molar-refractivity contribution >= 4 is 17.0 Å². The molecule has 1 heteroatoms. The predicted molar refractivity (Wildman–Crippen MR) is 82.6 cm³/mol. The topological polar surface area (TPSA) is 15.8 Å². The number of hydrogen-bond donors (Lipinski definition) is 1. The molecule has 0 amide bonds. The monoisotopic (exact) mass is 233 g/mol. The van der Waals surface area contributed by atoms with E-state index in [4.69, 9.17) is 0 Å². The summed E-state index contributed by atoms with van der Waals surface area (Å²) in [6.45, 7) is 14.0. The average molecular weight is 233 g/mol. The fourth-order valence-corrected chi connectivity index (χ4v) is 1.78. The summed E-state index contributed by atoms with van der Waals surface area (Å²) in [5.74, 6) is 0. The second-order valence-electron chi connectivity index (χ2n) is 3.12. The summed E-state index contributed by atoms with van der Waals surface area (Å²) in [7, 11) is 0. The third kappa shape index (κ3) is 3.48. The van der Waals surface area contributed by atoms with Gasteiger partial charge in [-0.3, -0.25) is 0 Å². The SMILES string of the molecule is C=Cc1[nH]c2ccccc2c1CC.CC.CC.[HH]. The Hall–Kier alpha value is -1.50. The van der Waals surface area contributed by atoms with E-state index in [-0.39, 0.29) is 1.43 Å². The fourth-order valence-electron chi connectivity index (χ4n) is 1.78. The molecule has 2 aromatic rings. The summed E-state index contributed by atoms with van der Waals surface area (Å²) in [4.78, 5) is 3.35. The first-order valence-electron chi connectivity index (χ1n) is 6.58. The van der Waals surface area contributed by atoms with Gasteiger partial charge in [-0.25, -0.2) is 0 Å². The van der Waals surface area contributed by atoms with Gasteiger partial charge < -0.3 is 4.98 Å². The van der Waals surface area contributed by atoms with E-state index in [9.17, 15) is 0 Å². The number of hydrogen-bond acceptors (Lipinski definition) is 0. The lowest BCUT2D eigenvalue weighted by atomic mass is 10.1. The van der Waals surface area contributed by atoms with Crippen LogP contribution < -0.4 is 0 Å². The average Bonchev–Trinajstić information content (AvgIpc) is 2.80. The van der Waals surface area contributed by atoms with E-state index in [1.807, 2.05) is 39.8 Å². The summed E-state index contributed by atoms with van der Waals surface area (Å²) in [6.07, 6.45) is 2.93. The smallest absolute Gasteiger partial charge is 0.0461 e. The standard InChI is InChI=1S/C12H13N.2C2H6.H2/c1-3-9-10-7-5-6-8-12(10)13-11(9)4-2;2*1-2;/h4-8,13H,2-3H2,1H3;2*1-2H3;1H. The van der Waals surface area contributed by atoms with Gasteiger partial charge in [-0.15, -0.1) is 0 Å². The molecule has 0 aliphatic rings. The van der Waals surface area contributed by atoms with Gasteiger partial charge in [0, 0.05) is 18.0 Å². The molecule has 1 N–H and O–H groups in total. The molecule has 1 aromatic heterocycles. The van der Waals surface area contributed by atoms with E-state index in [0.717, 1.165) is 12.1 Å². The number of nitrogens with one attached hydrogen (secondary N) is 1. The Morgan fingerprint density at radius 3 is 2.29 bits per heavy atom. The van der Waals surface area contributed by atoms with Crippen molar-refractivity contribution in [1.29, 1.82) is 0 Å². The number of aromatic nitrogens is 1. The molecule has 96 valence electrons. The maximum Gasteiger partial charge on any atom is 0.0461 e. The van der Waals surface area contributed by atoms with Gasteiger partial charge in [0.2, 0.25) is 0 Å². The summed E-state index contributed by atoms with van der Waals surface area (Å²) in [5, 5.41) is 1.32. The van der Waals surface area contributed by atoms with Crippen LogP contribution in [-0.4, -0.2) is 4.98 Å². The lowest BCUT2D eigenvalue weighted by Gasteiger charge is -1.94. The van der Waals surface area contributed by atoms with Crippen molar-refractivity contribution in [2.24, 2.45) is 0 Å². The van der Waals surface area contributed by atoms with E-state index in [1.165, 1.54) is 16.5 Å². The van der Waals surface area contributed by atoms with Crippen molar-refractivity contribution in [2.75, 3.05) is 0 Å². The van der Waals surface area contributed by atoms with Crippen LogP contribution in [0.25, 0.3) is 17.0 Å². The Morgan fingerprint density at radius 2 is 1.76 bits per heavy atom. The third-order valence-electron chi connectivity index (χ3n) is 2.40. The Bertz CT molecular complexity index is 443. The predicted octanol–water partition coefficient (Wildman–Crippen LogP) is 5.67. The number of aromatic amines is 1. The molecule has 0 radical (unpaired) electrons. The van der Waals surface area contributed by atoms with Gasteiger partial charge in [-0.05, 0) is 24.1 Å². The first-order valence-corrected chi connectivity index (χ1v) is 6.58. The molecule has 0 fully saturated rings. The summed E-state index contributed by atoms with van der Waals surface area (Å²) in [6, 6.07) is 8.37. The molecular formula is C16H27N. The number of aryl methyl sites for hydroxylation is 1. The largest absolute Gasteiger partial charge is 0.355 e. The van der Waals surface area contributed by atoms with Gasteiger partial charge >= 0.3 is 0 Å². The highest BCUT2D eigenvalue weighted by molar-refractivity contribution is 5.86. The maximum atomic E-state index is 3.80. The van der Waals surface area contributed by atoms with Crippen LogP contribution in [0.3, 0.4) is 0 Å². The highest BCUT2D eigenvalue weighted by atomic mass is 14.7. The van der Waals surface area contributed by atoms with Crippen LogP contribution in [0.1, 0.15) is 47.3 Å². The first kappa shape index (κ1) is 15.5. The highest BCUT2D eigenvalue weighted by Crippen LogP contribution is 2.23. The van der Waals surface area contributed by atoms with Gasteiger partial charge in [0.15, 0.2) is 0 Å². The van der Waals surface area contributed by atoms with E-state index in [0.29, 0.717) is 0 Å². The van der Waals surface area contributed by atoms with E-state index < -0.39 is 0 Å². The van der Waals surface area contributed by atoms with Crippen LogP contribution >= 0.6 is 0 Å². The Morgan fingerprint density at radius 1 is 1.18 bits per heavy atom. The molecule has 17 heavy (non-hydrogen) atoms. The van der Waals surface area contributed by atoms with Crippen molar-refractivity contribution in [1.82, 2.24) is 4.98 Å². The molecule has 1 heterocycles. The molecular weight excluding hydrogens is 206 g/mol. The Balaban J connectivity index is 0. The zero-order valence-electron chi connectivity index (χ0n) is 11.8. The molecule has 1 aromatic carbocycles. The zero-order valence-corrected chi connectivity index (χ0v) is 11.8. The number of benzene rings is 1. The van der Waals surface area contributed by atoms with Gasteiger partial charge in [0.05, 0.1) is 0 Å². The van der Waals surface area contributed by atoms with Gasteiger partial charge in [-0.2, -0.15) is 0 Å². The van der Waals surface area contributed by atoms with Crippen molar-refractivity contribution in [2.45, 2.75) is 41.0 Å². The normalized spacial score (nSPS) is 8.76. The van der Waals surface area contributed by atoms with Crippen LogP contribution in [-0.2, 0) is 6.42 Å². The number of para-hydroxylation sites is 1. The maximum absolute atomic E-state index is 3.80. The van der Waals surface area contributed by atoms with Crippen LogP contribution in [0, 0.1) is 0 Å². The lowest BCUT2D eigenvalue weighted by Crippen LogP contribution is -1.80. The minimum Gasteiger partial charge on any atom is -0.355 e. The fraction of sp³-hybridized carbons (Fsp3) is 0.375. The number of fused-ring (bicyclic) bond motifs is 1. The van der Waals surface area contributed by atoms with Gasteiger partial charge in [0.1, 0.15) is 0 Å². The molecule has 2 rings (SSSR count). The molecule has 1 nitrogen and oxygen atoms in total. The van der Waals surface area contributed by atoms with E-state index >= 15 is 0 Å². The van der Waals surface area contributed by atoms with Crippen LogP contribution in [0.5, 0.6) is 0 Å². The van der Waals surface area contributed by atoms with Crippen molar-refractivity contribution < 1.29 is 1.43 Å². The Kier molecular flexibility index (Phi) is 7.87. The van der Waals surface area contributed by atoms with Gasteiger partial charge in [0.25, 0.3) is 0 Å². The number of rotatable bonds is 2. The van der Waals surface area contributed by atoms with Gasteiger partial charge in [-0.1, -0.05) is 59.4 Å². The Labute approximate surface area is 107 Å². The lowest BCUT2D eigenvalue weighted by molar-refractivity contribution is 1.14. The number of H-pyrrole nitrogens is 1. The third-order valence-corrected chi connectivity index (χ3v) is 2.40. The van der Waals surface area contributed by atoms with E-state index in [2.05, 4.69) is 36.7 Å². The quantitative estimate of drug-likeness (QED) is 0.687. The zero-order chi connectivity index (χ0) is 13.3.